The monoisotopic (exact) mass is 351 g/mol. The van der Waals surface area contributed by atoms with Gasteiger partial charge in [0.1, 0.15) is 0 Å². The van der Waals surface area contributed by atoms with Gasteiger partial charge in [-0.1, -0.05) is 24.3 Å². The molecule has 1 atom stereocenters. The largest absolute Gasteiger partial charge is 0.326 e. The highest BCUT2D eigenvalue weighted by atomic mass is 16.2. The van der Waals surface area contributed by atoms with E-state index in [1.807, 2.05) is 31.2 Å². The smallest absolute Gasteiger partial charge is 0.229 e. The Bertz CT molecular complexity index is 863. The van der Waals surface area contributed by atoms with E-state index in [-0.39, 0.29) is 24.1 Å². The van der Waals surface area contributed by atoms with Crippen molar-refractivity contribution in [2.24, 2.45) is 5.92 Å². The number of aryl methyl sites for hydroxylation is 1. The Balaban J connectivity index is 1.71. The van der Waals surface area contributed by atoms with Gasteiger partial charge >= 0.3 is 0 Å². The van der Waals surface area contributed by atoms with E-state index in [2.05, 4.69) is 10.6 Å². The summed E-state index contributed by atoms with van der Waals surface area (Å²) in [6, 6.07) is 14.6. The predicted octanol–water partition coefficient (Wildman–Crippen LogP) is 2.95. The van der Waals surface area contributed by atoms with Crippen molar-refractivity contribution < 1.29 is 14.4 Å². The van der Waals surface area contributed by atoms with Crippen LogP contribution in [0.3, 0.4) is 0 Å². The molecule has 2 aromatic carbocycles. The van der Waals surface area contributed by atoms with Crippen LogP contribution in [0.15, 0.2) is 48.5 Å². The number of hydrogen-bond donors (Lipinski definition) is 2. The van der Waals surface area contributed by atoms with Crippen molar-refractivity contribution in [1.29, 1.82) is 0 Å². The summed E-state index contributed by atoms with van der Waals surface area (Å²) >= 11 is 0. The highest BCUT2D eigenvalue weighted by Crippen LogP contribution is 2.28. The zero-order valence-corrected chi connectivity index (χ0v) is 14.8. The Morgan fingerprint density at radius 2 is 1.85 bits per heavy atom. The first-order chi connectivity index (χ1) is 12.4. The van der Waals surface area contributed by atoms with Crippen LogP contribution in [-0.2, 0) is 14.4 Å². The Hall–Kier alpha value is -3.15. The van der Waals surface area contributed by atoms with Gasteiger partial charge in [0.15, 0.2) is 0 Å². The molecule has 134 valence electrons. The molecule has 0 aromatic heterocycles. The van der Waals surface area contributed by atoms with Crippen molar-refractivity contribution in [3.63, 3.8) is 0 Å². The summed E-state index contributed by atoms with van der Waals surface area (Å²) in [6.07, 6.45) is 0.169. The standard InChI is InChI=1S/C20H21N3O3/c1-13-6-3-4-9-18(13)22-20(26)15-10-19(25)23(12-15)17-8-5-7-16(11-17)21-14(2)24/h3-9,11,15H,10,12H2,1-2H3,(H,21,24)(H,22,26). The zero-order chi connectivity index (χ0) is 18.7. The summed E-state index contributed by atoms with van der Waals surface area (Å²) < 4.78 is 0. The summed E-state index contributed by atoms with van der Waals surface area (Å²) in [4.78, 5) is 37.8. The Kier molecular flexibility index (Phi) is 5.02. The highest BCUT2D eigenvalue weighted by Gasteiger charge is 2.35. The second kappa shape index (κ2) is 7.39. The number of benzene rings is 2. The fourth-order valence-corrected chi connectivity index (χ4v) is 3.04. The lowest BCUT2D eigenvalue weighted by molar-refractivity contribution is -0.122. The molecule has 2 aromatic rings. The summed E-state index contributed by atoms with van der Waals surface area (Å²) in [6.45, 7) is 3.68. The third-order valence-electron chi connectivity index (χ3n) is 4.38. The SMILES string of the molecule is CC(=O)Nc1cccc(N2CC(C(=O)Nc3ccccc3C)CC2=O)c1. The maximum Gasteiger partial charge on any atom is 0.229 e. The molecule has 3 rings (SSSR count). The van der Waals surface area contributed by atoms with Crippen LogP contribution < -0.4 is 15.5 Å². The molecule has 1 aliphatic rings. The number of rotatable bonds is 4. The first kappa shape index (κ1) is 17.7. The van der Waals surface area contributed by atoms with Gasteiger partial charge < -0.3 is 15.5 Å². The number of nitrogens with one attached hydrogen (secondary N) is 2. The molecule has 2 N–H and O–H groups in total. The van der Waals surface area contributed by atoms with Crippen LogP contribution in [0.4, 0.5) is 17.1 Å². The molecule has 0 aliphatic carbocycles. The number of carbonyl (C=O) groups excluding carboxylic acids is 3. The van der Waals surface area contributed by atoms with Crippen LogP contribution in [-0.4, -0.2) is 24.3 Å². The van der Waals surface area contributed by atoms with E-state index in [1.54, 1.807) is 29.2 Å². The minimum Gasteiger partial charge on any atom is -0.326 e. The maximum atomic E-state index is 12.6. The number of para-hydroxylation sites is 1. The molecule has 6 nitrogen and oxygen atoms in total. The number of anilines is 3. The fourth-order valence-electron chi connectivity index (χ4n) is 3.04. The molecular formula is C20H21N3O3. The molecule has 1 saturated heterocycles. The number of carbonyl (C=O) groups is 3. The number of hydrogen-bond acceptors (Lipinski definition) is 3. The van der Waals surface area contributed by atoms with Gasteiger partial charge in [0.05, 0.1) is 5.92 Å². The van der Waals surface area contributed by atoms with Crippen molar-refractivity contribution in [3.05, 3.63) is 54.1 Å². The molecule has 1 fully saturated rings. The van der Waals surface area contributed by atoms with Gasteiger partial charge in [-0.15, -0.1) is 0 Å². The lowest BCUT2D eigenvalue weighted by Gasteiger charge is -2.18. The first-order valence-electron chi connectivity index (χ1n) is 8.48. The van der Waals surface area contributed by atoms with E-state index in [4.69, 9.17) is 0 Å². The van der Waals surface area contributed by atoms with Gasteiger partial charge in [0.2, 0.25) is 17.7 Å². The second-order valence-electron chi connectivity index (χ2n) is 6.44. The molecule has 0 radical (unpaired) electrons. The molecule has 0 bridgehead atoms. The minimum absolute atomic E-state index is 0.102. The molecule has 1 heterocycles. The minimum atomic E-state index is -0.411. The lowest BCUT2D eigenvalue weighted by atomic mass is 10.1. The Morgan fingerprint density at radius 3 is 2.58 bits per heavy atom. The molecule has 26 heavy (non-hydrogen) atoms. The molecule has 3 amide bonds. The van der Waals surface area contributed by atoms with Crippen LogP contribution in [0.2, 0.25) is 0 Å². The number of nitrogens with zero attached hydrogens (tertiary/aromatic N) is 1. The summed E-state index contributed by atoms with van der Waals surface area (Å²) in [5, 5.41) is 5.61. The lowest BCUT2D eigenvalue weighted by Crippen LogP contribution is -2.28. The van der Waals surface area contributed by atoms with Crippen LogP contribution in [0.1, 0.15) is 18.9 Å². The molecule has 6 heteroatoms. The normalized spacial score (nSPS) is 16.5. The third-order valence-corrected chi connectivity index (χ3v) is 4.38. The second-order valence-corrected chi connectivity index (χ2v) is 6.44. The zero-order valence-electron chi connectivity index (χ0n) is 14.8. The molecular weight excluding hydrogens is 330 g/mol. The maximum absolute atomic E-state index is 12.6. The summed E-state index contributed by atoms with van der Waals surface area (Å²) in [7, 11) is 0. The van der Waals surface area contributed by atoms with Crippen molar-refractivity contribution in [3.8, 4) is 0 Å². The topological polar surface area (TPSA) is 78.5 Å². The molecule has 0 saturated carbocycles. The molecule has 0 spiro atoms. The van der Waals surface area contributed by atoms with Crippen LogP contribution in [0, 0.1) is 12.8 Å². The number of amides is 3. The van der Waals surface area contributed by atoms with Crippen LogP contribution in [0.25, 0.3) is 0 Å². The first-order valence-corrected chi connectivity index (χ1v) is 8.48. The molecule has 1 aliphatic heterocycles. The van der Waals surface area contributed by atoms with E-state index in [9.17, 15) is 14.4 Å². The molecule has 1 unspecified atom stereocenters. The van der Waals surface area contributed by atoms with E-state index >= 15 is 0 Å². The van der Waals surface area contributed by atoms with Gasteiger partial charge in [-0.2, -0.15) is 0 Å². The fraction of sp³-hybridized carbons (Fsp3) is 0.250. The van der Waals surface area contributed by atoms with Gasteiger partial charge in [0.25, 0.3) is 0 Å². The average molecular weight is 351 g/mol. The van der Waals surface area contributed by atoms with Gasteiger partial charge in [0, 0.05) is 37.0 Å². The van der Waals surface area contributed by atoms with E-state index < -0.39 is 5.92 Å². The van der Waals surface area contributed by atoms with E-state index in [0.29, 0.717) is 17.9 Å². The summed E-state index contributed by atoms with van der Waals surface area (Å²) in [5.41, 5.74) is 3.03. The highest BCUT2D eigenvalue weighted by molar-refractivity contribution is 6.04. The average Bonchev–Trinajstić information content (AvgIpc) is 2.98. The van der Waals surface area contributed by atoms with E-state index in [0.717, 1.165) is 11.3 Å². The van der Waals surface area contributed by atoms with Crippen LogP contribution in [0.5, 0.6) is 0 Å². The summed E-state index contributed by atoms with van der Waals surface area (Å²) in [5.74, 6) is -0.847. The quantitative estimate of drug-likeness (QED) is 0.889. The van der Waals surface area contributed by atoms with Crippen molar-refractivity contribution in [1.82, 2.24) is 0 Å². The predicted molar refractivity (Wildman–Crippen MR) is 101 cm³/mol. The van der Waals surface area contributed by atoms with E-state index in [1.165, 1.54) is 6.92 Å². The van der Waals surface area contributed by atoms with Crippen molar-refractivity contribution in [2.75, 3.05) is 22.1 Å². The van der Waals surface area contributed by atoms with Crippen LogP contribution >= 0.6 is 0 Å². The van der Waals surface area contributed by atoms with Crippen molar-refractivity contribution in [2.45, 2.75) is 20.3 Å². The third kappa shape index (κ3) is 3.91. The Morgan fingerprint density at radius 1 is 1.08 bits per heavy atom. The van der Waals surface area contributed by atoms with Crippen molar-refractivity contribution >= 4 is 34.8 Å². The van der Waals surface area contributed by atoms with Gasteiger partial charge in [-0.25, -0.2) is 0 Å². The van der Waals surface area contributed by atoms with Gasteiger partial charge in [-0.3, -0.25) is 14.4 Å². The van der Waals surface area contributed by atoms with Gasteiger partial charge in [-0.05, 0) is 36.8 Å². The Labute approximate surface area is 152 Å².